The van der Waals surface area contributed by atoms with Crippen molar-refractivity contribution in [3.05, 3.63) is 40.0 Å². The molecule has 3 heterocycles. The van der Waals surface area contributed by atoms with Crippen molar-refractivity contribution in [1.29, 1.82) is 0 Å². The van der Waals surface area contributed by atoms with Crippen molar-refractivity contribution in [3.63, 3.8) is 0 Å². The smallest absolute Gasteiger partial charge is 0.348 e. The summed E-state index contributed by atoms with van der Waals surface area (Å²) in [6.07, 6.45) is 1.62. The summed E-state index contributed by atoms with van der Waals surface area (Å²) in [4.78, 5) is 24.6. The van der Waals surface area contributed by atoms with E-state index < -0.39 is 0 Å². The molecule has 3 aromatic rings. The first-order valence-corrected chi connectivity index (χ1v) is 6.45. The molecule has 0 aliphatic carbocycles. The van der Waals surface area contributed by atoms with Crippen LogP contribution < -0.4 is 11.4 Å². The Labute approximate surface area is 120 Å². The van der Waals surface area contributed by atoms with E-state index in [1.54, 1.807) is 24.9 Å². The predicted molar refractivity (Wildman–Crippen MR) is 77.8 cm³/mol. The minimum atomic E-state index is -0.320. The normalized spacial score (nSPS) is 11.2. The van der Waals surface area contributed by atoms with Gasteiger partial charge in [-0.25, -0.2) is 14.8 Å². The summed E-state index contributed by atoms with van der Waals surface area (Å²) in [5.41, 5.74) is 7.74. The Morgan fingerprint density at radius 2 is 2.00 bits per heavy atom. The molecule has 0 bridgehead atoms. The average molecular weight is 285 g/mol. The van der Waals surface area contributed by atoms with E-state index in [1.807, 2.05) is 13.0 Å². The van der Waals surface area contributed by atoms with Crippen LogP contribution in [0.15, 0.2) is 17.1 Å². The number of aryl methyl sites for hydroxylation is 3. The third kappa shape index (κ3) is 2.24. The Hall–Kier alpha value is -2.77. The third-order valence-corrected chi connectivity index (χ3v) is 3.31. The maximum atomic E-state index is 12.0. The molecule has 0 amide bonds. The Balaban J connectivity index is 2.10. The highest BCUT2D eigenvalue weighted by molar-refractivity contribution is 5.84. The Bertz CT molecular complexity index is 893. The van der Waals surface area contributed by atoms with Gasteiger partial charge < -0.3 is 5.73 Å². The largest absolute Gasteiger partial charge is 0.383 e. The molecule has 0 unspecified atom stereocenters. The molecule has 2 N–H and O–H groups in total. The van der Waals surface area contributed by atoms with Gasteiger partial charge in [0, 0.05) is 18.4 Å². The molecular weight excluding hydrogens is 270 g/mol. The Morgan fingerprint density at radius 3 is 2.71 bits per heavy atom. The predicted octanol–water partition coefficient (Wildman–Crippen LogP) is 0.167. The summed E-state index contributed by atoms with van der Waals surface area (Å²) in [5, 5.41) is 4.81. The van der Waals surface area contributed by atoms with E-state index in [2.05, 4.69) is 20.1 Å². The van der Waals surface area contributed by atoms with Crippen molar-refractivity contribution >= 4 is 16.9 Å². The molecule has 3 rings (SSSR count). The molecule has 0 atom stereocenters. The van der Waals surface area contributed by atoms with Crippen molar-refractivity contribution in [2.45, 2.75) is 20.4 Å². The summed E-state index contributed by atoms with van der Waals surface area (Å²) < 4.78 is 3.14. The van der Waals surface area contributed by atoms with E-state index in [0.717, 1.165) is 5.69 Å². The fraction of sp³-hybridized carbons (Fsp3) is 0.308. The molecule has 21 heavy (non-hydrogen) atoms. The fourth-order valence-corrected chi connectivity index (χ4v) is 2.27. The van der Waals surface area contributed by atoms with Crippen molar-refractivity contribution in [1.82, 2.24) is 29.3 Å². The van der Waals surface area contributed by atoms with Crippen LogP contribution in [0, 0.1) is 13.8 Å². The van der Waals surface area contributed by atoms with Crippen molar-refractivity contribution in [2.24, 2.45) is 7.05 Å². The second-order valence-electron chi connectivity index (χ2n) is 4.94. The molecule has 0 fully saturated rings. The van der Waals surface area contributed by atoms with Gasteiger partial charge in [0.15, 0.2) is 11.5 Å². The number of nitrogens with zero attached hydrogens (tertiary/aromatic N) is 6. The minimum absolute atomic E-state index is 0.225. The monoisotopic (exact) mass is 285 g/mol. The summed E-state index contributed by atoms with van der Waals surface area (Å²) >= 11 is 0. The number of nitrogens with two attached hydrogens (primary N) is 1. The van der Waals surface area contributed by atoms with Crippen LogP contribution in [0.5, 0.6) is 0 Å². The van der Waals surface area contributed by atoms with E-state index in [0.29, 0.717) is 28.4 Å². The molecule has 8 nitrogen and oxygen atoms in total. The molecule has 108 valence electrons. The van der Waals surface area contributed by atoms with E-state index in [4.69, 9.17) is 5.73 Å². The van der Waals surface area contributed by atoms with Gasteiger partial charge in [-0.15, -0.1) is 0 Å². The zero-order valence-electron chi connectivity index (χ0n) is 12.0. The fourth-order valence-electron chi connectivity index (χ4n) is 2.27. The zero-order valence-corrected chi connectivity index (χ0v) is 12.0. The first kappa shape index (κ1) is 13.2. The second kappa shape index (κ2) is 4.65. The quantitative estimate of drug-likeness (QED) is 0.719. The zero-order chi connectivity index (χ0) is 15.1. The first-order valence-electron chi connectivity index (χ1n) is 6.45. The lowest BCUT2D eigenvalue weighted by molar-refractivity contribution is 0.664. The molecular formula is C13H15N7O. The minimum Gasteiger partial charge on any atom is -0.383 e. The SMILES string of the molecule is Cc1cc(C)n(Cc2nc(N)c3cnn(C)c3n2)c(=O)n1. The molecule has 0 aliphatic heterocycles. The van der Waals surface area contributed by atoms with Crippen LogP contribution in [-0.2, 0) is 13.6 Å². The molecule has 3 aromatic heterocycles. The van der Waals surface area contributed by atoms with E-state index in [9.17, 15) is 4.79 Å². The number of hydrogen-bond acceptors (Lipinski definition) is 6. The van der Waals surface area contributed by atoms with Crippen LogP contribution in [0.1, 0.15) is 17.2 Å². The molecule has 0 saturated heterocycles. The lowest BCUT2D eigenvalue weighted by atomic mass is 10.3. The summed E-state index contributed by atoms with van der Waals surface area (Å²) in [6, 6.07) is 1.84. The van der Waals surface area contributed by atoms with Crippen molar-refractivity contribution < 1.29 is 0 Å². The molecule has 0 spiro atoms. The molecule has 8 heteroatoms. The van der Waals surface area contributed by atoms with Crippen molar-refractivity contribution in [2.75, 3.05) is 5.73 Å². The Kier molecular flexibility index (Phi) is 2.93. The number of nitrogen functional groups attached to an aromatic ring is 1. The van der Waals surface area contributed by atoms with Gasteiger partial charge in [0.25, 0.3) is 0 Å². The maximum absolute atomic E-state index is 12.0. The maximum Gasteiger partial charge on any atom is 0.348 e. The first-order chi connectivity index (χ1) is 9.95. The van der Waals surface area contributed by atoms with Crippen LogP contribution in [-0.4, -0.2) is 29.3 Å². The molecule has 0 aliphatic rings. The number of rotatable bonds is 2. The topological polar surface area (TPSA) is 105 Å². The second-order valence-corrected chi connectivity index (χ2v) is 4.94. The van der Waals surface area contributed by atoms with Crippen LogP contribution in [0.4, 0.5) is 5.82 Å². The lowest BCUT2D eigenvalue weighted by Crippen LogP contribution is -2.27. The summed E-state index contributed by atoms with van der Waals surface area (Å²) in [5.74, 6) is 0.813. The van der Waals surface area contributed by atoms with E-state index in [1.165, 1.54) is 4.57 Å². The van der Waals surface area contributed by atoms with Crippen LogP contribution in [0.3, 0.4) is 0 Å². The molecule has 0 saturated carbocycles. The van der Waals surface area contributed by atoms with Crippen LogP contribution in [0.2, 0.25) is 0 Å². The molecule has 0 aromatic carbocycles. The van der Waals surface area contributed by atoms with Gasteiger partial charge in [-0.05, 0) is 19.9 Å². The van der Waals surface area contributed by atoms with Gasteiger partial charge >= 0.3 is 5.69 Å². The van der Waals surface area contributed by atoms with E-state index in [-0.39, 0.29) is 12.2 Å². The van der Waals surface area contributed by atoms with Gasteiger partial charge in [0.1, 0.15) is 5.82 Å². The number of aromatic nitrogens is 6. The van der Waals surface area contributed by atoms with Gasteiger partial charge in [0.05, 0.1) is 18.1 Å². The van der Waals surface area contributed by atoms with Crippen molar-refractivity contribution in [3.8, 4) is 0 Å². The highest BCUT2D eigenvalue weighted by atomic mass is 16.1. The highest BCUT2D eigenvalue weighted by Gasteiger charge is 2.11. The number of hydrogen-bond donors (Lipinski definition) is 1. The highest BCUT2D eigenvalue weighted by Crippen LogP contribution is 2.16. The number of fused-ring (bicyclic) bond motifs is 1. The van der Waals surface area contributed by atoms with Gasteiger partial charge in [-0.1, -0.05) is 0 Å². The van der Waals surface area contributed by atoms with Crippen LogP contribution in [0.25, 0.3) is 11.0 Å². The van der Waals surface area contributed by atoms with Gasteiger partial charge in [-0.3, -0.25) is 9.25 Å². The average Bonchev–Trinajstić information content (AvgIpc) is 2.76. The lowest BCUT2D eigenvalue weighted by Gasteiger charge is -2.09. The molecule has 0 radical (unpaired) electrons. The third-order valence-electron chi connectivity index (χ3n) is 3.31. The summed E-state index contributed by atoms with van der Waals surface area (Å²) in [7, 11) is 1.78. The number of anilines is 1. The standard InChI is InChI=1S/C13H15N7O/c1-7-4-8(2)20(13(21)16-7)6-10-17-11(14)9-5-15-19(3)12(9)18-10/h4-5H,6H2,1-3H3,(H2,14,17,18). The van der Waals surface area contributed by atoms with Gasteiger partial charge in [-0.2, -0.15) is 10.1 Å². The van der Waals surface area contributed by atoms with Crippen LogP contribution >= 0.6 is 0 Å². The van der Waals surface area contributed by atoms with E-state index >= 15 is 0 Å². The van der Waals surface area contributed by atoms with Gasteiger partial charge in [0.2, 0.25) is 0 Å². The summed E-state index contributed by atoms with van der Waals surface area (Å²) in [6.45, 7) is 3.86. The Morgan fingerprint density at radius 1 is 1.24 bits per heavy atom.